The van der Waals surface area contributed by atoms with E-state index in [9.17, 15) is 4.79 Å². The number of carbonyl (C=O) groups excluding carboxylic acids is 1. The van der Waals surface area contributed by atoms with Crippen LogP contribution >= 0.6 is 22.9 Å². The average Bonchev–Trinajstić information content (AvgIpc) is 2.88. The quantitative estimate of drug-likeness (QED) is 0.667. The van der Waals surface area contributed by atoms with E-state index in [4.69, 9.17) is 11.6 Å². The Balaban J connectivity index is 1.86. The number of amides is 1. The van der Waals surface area contributed by atoms with Crippen molar-refractivity contribution in [3.63, 3.8) is 0 Å². The van der Waals surface area contributed by atoms with Crippen LogP contribution in [0.2, 0.25) is 5.02 Å². The largest absolute Gasteiger partial charge is 0.298 e. The van der Waals surface area contributed by atoms with E-state index in [0.29, 0.717) is 15.7 Å². The van der Waals surface area contributed by atoms with Crippen molar-refractivity contribution in [2.24, 2.45) is 0 Å². The van der Waals surface area contributed by atoms with E-state index in [1.54, 1.807) is 24.3 Å². The summed E-state index contributed by atoms with van der Waals surface area (Å²) in [6.45, 7) is 6.54. The lowest BCUT2D eigenvalue weighted by Crippen LogP contribution is -2.11. The zero-order chi connectivity index (χ0) is 16.6. The number of benzene rings is 2. The van der Waals surface area contributed by atoms with Crippen molar-refractivity contribution in [3.05, 3.63) is 58.6 Å². The number of hydrogen-bond donors (Lipinski definition) is 1. The molecule has 1 N–H and O–H groups in total. The number of carbonyl (C=O) groups is 1. The summed E-state index contributed by atoms with van der Waals surface area (Å²) in [7, 11) is 0. The lowest BCUT2D eigenvalue weighted by Gasteiger charge is -2.18. The van der Waals surface area contributed by atoms with Crippen LogP contribution in [0.5, 0.6) is 0 Å². The number of fused-ring (bicyclic) bond motifs is 1. The van der Waals surface area contributed by atoms with Crippen LogP contribution in [-0.4, -0.2) is 10.9 Å². The number of nitrogens with zero attached hydrogens (tertiary/aromatic N) is 1. The number of nitrogens with one attached hydrogen (secondary N) is 1. The summed E-state index contributed by atoms with van der Waals surface area (Å²) < 4.78 is 1.07. The maximum absolute atomic E-state index is 12.2. The van der Waals surface area contributed by atoms with Gasteiger partial charge in [-0.3, -0.25) is 10.1 Å². The highest BCUT2D eigenvalue weighted by Crippen LogP contribution is 2.31. The second-order valence-corrected chi connectivity index (χ2v) is 7.88. The number of thiazole rings is 1. The second kappa shape index (κ2) is 5.95. The van der Waals surface area contributed by atoms with E-state index >= 15 is 0 Å². The van der Waals surface area contributed by atoms with Crippen LogP contribution in [0, 0.1) is 0 Å². The molecule has 0 aliphatic rings. The molecule has 118 valence electrons. The fourth-order valence-corrected chi connectivity index (χ4v) is 3.24. The summed E-state index contributed by atoms with van der Waals surface area (Å²) in [5.41, 5.74) is 2.80. The molecule has 0 spiro atoms. The van der Waals surface area contributed by atoms with E-state index < -0.39 is 0 Å². The van der Waals surface area contributed by atoms with E-state index in [0.717, 1.165) is 10.2 Å². The Kier molecular flexibility index (Phi) is 4.13. The third-order valence-corrected chi connectivity index (χ3v) is 4.77. The highest BCUT2D eigenvalue weighted by molar-refractivity contribution is 7.22. The molecule has 0 aliphatic carbocycles. The molecule has 0 saturated carbocycles. The van der Waals surface area contributed by atoms with Gasteiger partial charge in [0.2, 0.25) is 0 Å². The van der Waals surface area contributed by atoms with Crippen molar-refractivity contribution in [2.45, 2.75) is 26.2 Å². The van der Waals surface area contributed by atoms with E-state index in [2.05, 4.69) is 43.2 Å². The molecule has 3 nitrogen and oxygen atoms in total. The van der Waals surface area contributed by atoms with Crippen LogP contribution in [0.3, 0.4) is 0 Å². The van der Waals surface area contributed by atoms with Crippen LogP contribution in [-0.2, 0) is 5.41 Å². The molecule has 23 heavy (non-hydrogen) atoms. The number of rotatable bonds is 2. The summed E-state index contributed by atoms with van der Waals surface area (Å²) in [6, 6.07) is 13.0. The molecule has 1 heterocycles. The Hall–Kier alpha value is -1.91. The summed E-state index contributed by atoms with van der Waals surface area (Å²) in [4.78, 5) is 16.7. The number of aromatic nitrogens is 1. The molecule has 2 aromatic carbocycles. The Morgan fingerprint density at radius 2 is 1.83 bits per heavy atom. The van der Waals surface area contributed by atoms with Crippen molar-refractivity contribution in [2.75, 3.05) is 5.32 Å². The molecule has 0 aliphatic heterocycles. The van der Waals surface area contributed by atoms with E-state index in [1.165, 1.54) is 16.9 Å². The van der Waals surface area contributed by atoms with Crippen LogP contribution in [0.25, 0.3) is 10.2 Å². The molecule has 0 unspecified atom stereocenters. The second-order valence-electron chi connectivity index (χ2n) is 6.41. The first kappa shape index (κ1) is 16.0. The van der Waals surface area contributed by atoms with Crippen LogP contribution in [0.15, 0.2) is 42.5 Å². The maximum Gasteiger partial charge on any atom is 0.257 e. The minimum absolute atomic E-state index is 0.0882. The van der Waals surface area contributed by atoms with Gasteiger partial charge in [0.1, 0.15) is 0 Å². The van der Waals surface area contributed by atoms with Gasteiger partial charge in [0, 0.05) is 10.6 Å². The van der Waals surface area contributed by atoms with Gasteiger partial charge in [-0.15, -0.1) is 0 Å². The molecular weight excluding hydrogens is 328 g/mol. The molecule has 0 bridgehead atoms. The third kappa shape index (κ3) is 3.54. The fraction of sp³-hybridized carbons (Fsp3) is 0.222. The van der Waals surface area contributed by atoms with Gasteiger partial charge < -0.3 is 0 Å². The van der Waals surface area contributed by atoms with Crippen LogP contribution in [0.1, 0.15) is 36.7 Å². The minimum atomic E-state index is -0.184. The number of hydrogen-bond acceptors (Lipinski definition) is 3. The molecule has 0 fully saturated rings. The zero-order valence-corrected chi connectivity index (χ0v) is 14.8. The van der Waals surface area contributed by atoms with Crippen LogP contribution < -0.4 is 5.32 Å². The Bertz CT molecular complexity index is 863. The summed E-state index contributed by atoms with van der Waals surface area (Å²) in [5, 5.41) is 4.06. The number of anilines is 1. The summed E-state index contributed by atoms with van der Waals surface area (Å²) in [5.74, 6) is -0.184. The predicted molar refractivity (Wildman–Crippen MR) is 97.7 cm³/mol. The summed E-state index contributed by atoms with van der Waals surface area (Å²) >= 11 is 7.32. The minimum Gasteiger partial charge on any atom is -0.298 e. The predicted octanol–water partition coefficient (Wildman–Crippen LogP) is 5.50. The van der Waals surface area contributed by atoms with Gasteiger partial charge in [-0.2, -0.15) is 0 Å². The highest BCUT2D eigenvalue weighted by Gasteiger charge is 2.16. The summed E-state index contributed by atoms with van der Waals surface area (Å²) in [6.07, 6.45) is 0. The van der Waals surface area contributed by atoms with Gasteiger partial charge in [0.05, 0.1) is 10.2 Å². The monoisotopic (exact) mass is 344 g/mol. The Morgan fingerprint density at radius 3 is 2.48 bits per heavy atom. The highest BCUT2D eigenvalue weighted by atomic mass is 35.5. The molecule has 0 atom stereocenters. The number of halogens is 1. The zero-order valence-electron chi connectivity index (χ0n) is 13.2. The standard InChI is InChI=1S/C18H17ClN2OS/c1-18(2,3)12-6-9-14-15(10-12)23-17(20-14)21-16(22)11-4-7-13(19)8-5-11/h4-10H,1-3H3,(H,20,21,22). The van der Waals surface area contributed by atoms with E-state index in [-0.39, 0.29) is 11.3 Å². The smallest absolute Gasteiger partial charge is 0.257 e. The molecule has 3 aromatic rings. The van der Waals surface area contributed by atoms with Gasteiger partial charge in [0.25, 0.3) is 5.91 Å². The Labute approximate surface area is 144 Å². The molecule has 0 saturated heterocycles. The first-order valence-corrected chi connectivity index (χ1v) is 8.50. The first-order valence-electron chi connectivity index (χ1n) is 7.31. The molecule has 3 rings (SSSR count). The molecular formula is C18H17ClN2OS. The van der Waals surface area contributed by atoms with Crippen molar-refractivity contribution in [3.8, 4) is 0 Å². The lowest BCUT2D eigenvalue weighted by atomic mass is 9.87. The average molecular weight is 345 g/mol. The maximum atomic E-state index is 12.2. The third-order valence-electron chi connectivity index (χ3n) is 3.58. The SMILES string of the molecule is CC(C)(C)c1ccc2nc(NC(=O)c3ccc(Cl)cc3)sc2c1. The Morgan fingerprint density at radius 1 is 1.13 bits per heavy atom. The molecule has 1 amide bonds. The normalized spacial score (nSPS) is 11.7. The van der Waals surface area contributed by atoms with Gasteiger partial charge >= 0.3 is 0 Å². The molecule has 5 heteroatoms. The van der Waals surface area contributed by atoms with Crippen molar-refractivity contribution >= 4 is 44.2 Å². The molecule has 0 radical (unpaired) electrons. The molecule has 1 aromatic heterocycles. The van der Waals surface area contributed by atoms with E-state index in [1.807, 2.05) is 6.07 Å². The van der Waals surface area contributed by atoms with Crippen molar-refractivity contribution in [1.82, 2.24) is 4.98 Å². The van der Waals surface area contributed by atoms with Gasteiger partial charge in [-0.25, -0.2) is 4.98 Å². The van der Waals surface area contributed by atoms with Gasteiger partial charge in [-0.1, -0.05) is 49.8 Å². The van der Waals surface area contributed by atoms with Crippen molar-refractivity contribution < 1.29 is 4.79 Å². The lowest BCUT2D eigenvalue weighted by molar-refractivity contribution is 0.102. The van der Waals surface area contributed by atoms with Gasteiger partial charge in [-0.05, 0) is 47.4 Å². The topological polar surface area (TPSA) is 42.0 Å². The fourth-order valence-electron chi connectivity index (χ4n) is 2.22. The van der Waals surface area contributed by atoms with Crippen LogP contribution in [0.4, 0.5) is 5.13 Å². The van der Waals surface area contributed by atoms with Crippen molar-refractivity contribution in [1.29, 1.82) is 0 Å². The first-order chi connectivity index (χ1) is 10.8. The van der Waals surface area contributed by atoms with Gasteiger partial charge in [0.15, 0.2) is 5.13 Å².